The molecule has 46 heavy (non-hydrogen) atoms. The van der Waals surface area contributed by atoms with Crippen LogP contribution in [0.4, 0.5) is 5.69 Å². The summed E-state index contributed by atoms with van der Waals surface area (Å²) in [5.74, 6) is 0.194. The molecule has 4 aliphatic rings. The maximum Gasteiger partial charge on any atom is 0.264 e. The highest BCUT2D eigenvalue weighted by Crippen LogP contribution is 2.45. The number of ether oxygens (including phenoxy) is 2. The average molecular weight is 684 g/mol. The van der Waals surface area contributed by atoms with Crippen LogP contribution in [0.2, 0.25) is 0 Å². The maximum atomic E-state index is 14.2. The summed E-state index contributed by atoms with van der Waals surface area (Å²) in [6.07, 6.45) is 4.78. The van der Waals surface area contributed by atoms with Gasteiger partial charge in [-0.25, -0.2) is 9.91 Å². The average Bonchev–Trinajstić information content (AvgIpc) is 3.74. The number of carbonyl (C=O) groups is 3. The first-order valence-corrected chi connectivity index (χ1v) is 15.9. The van der Waals surface area contributed by atoms with Gasteiger partial charge < -0.3 is 9.47 Å². The second-order valence-electron chi connectivity index (χ2n) is 11.6. The predicted molar refractivity (Wildman–Crippen MR) is 174 cm³/mol. The van der Waals surface area contributed by atoms with Gasteiger partial charge in [0, 0.05) is 10.4 Å². The van der Waals surface area contributed by atoms with Gasteiger partial charge in [0.25, 0.3) is 17.7 Å². The number of methoxy groups -OCH3 is 2. The molecule has 3 heterocycles. The maximum absolute atomic E-state index is 14.2. The van der Waals surface area contributed by atoms with Gasteiger partial charge in [-0.15, -0.1) is 0 Å². The molecule has 234 valence electrons. The first kappa shape index (κ1) is 29.8. The van der Waals surface area contributed by atoms with E-state index in [-0.39, 0.29) is 24.4 Å². The smallest absolute Gasteiger partial charge is 0.264 e. The van der Waals surface area contributed by atoms with Crippen molar-refractivity contribution < 1.29 is 23.9 Å². The largest absolute Gasteiger partial charge is 0.497 e. The Balaban J connectivity index is 1.19. The van der Waals surface area contributed by atoms with E-state index in [2.05, 4.69) is 32.3 Å². The second-order valence-corrected chi connectivity index (χ2v) is 12.5. The van der Waals surface area contributed by atoms with Gasteiger partial charge in [-0.2, -0.15) is 10.2 Å². The van der Waals surface area contributed by atoms with Crippen molar-refractivity contribution in [3.63, 3.8) is 0 Å². The van der Waals surface area contributed by atoms with Gasteiger partial charge in [0.05, 0.1) is 31.7 Å². The number of hydrazone groups is 1. The summed E-state index contributed by atoms with van der Waals surface area (Å²) in [5, 5.41) is 16.1. The third kappa shape index (κ3) is 5.26. The molecule has 3 aromatic rings. The van der Waals surface area contributed by atoms with Crippen LogP contribution in [-0.2, 0) is 14.4 Å². The van der Waals surface area contributed by atoms with Crippen LogP contribution < -0.4 is 14.4 Å². The zero-order valence-electron chi connectivity index (χ0n) is 25.2. The lowest BCUT2D eigenvalue weighted by Gasteiger charge is -2.30. The van der Waals surface area contributed by atoms with E-state index in [0.29, 0.717) is 11.4 Å². The summed E-state index contributed by atoms with van der Waals surface area (Å²) < 4.78 is 11.4. The van der Waals surface area contributed by atoms with Gasteiger partial charge >= 0.3 is 0 Å². The lowest BCUT2D eigenvalue weighted by Crippen LogP contribution is -2.45. The molecule has 0 aromatic heterocycles. The number of fused-ring (bicyclic) bond motifs is 2. The van der Waals surface area contributed by atoms with E-state index in [0.717, 1.165) is 56.8 Å². The van der Waals surface area contributed by atoms with E-state index in [1.54, 1.807) is 32.4 Å². The molecule has 3 aromatic carbocycles. The Labute approximate surface area is 274 Å². The Morgan fingerprint density at radius 3 is 2.37 bits per heavy atom. The molecule has 0 bridgehead atoms. The standard InChI is InChI=1S/C34H31BrN6O5/c1-45-25-13-9-20(10-14-25)17-22-5-3-8-27-29(22)37-41(31(27)21-11-15-26(46-2)16-12-21)28(42)19-39-32-30(36-38-39)33(43)40(34(32)44)24-7-4-6-23(35)18-24/h4,6-7,9-18,27,30-32H,3,5,8,19H2,1-2H3/b22-17-. The highest BCUT2D eigenvalue weighted by molar-refractivity contribution is 9.10. The minimum atomic E-state index is -1.01. The molecular formula is C34H31BrN6O5. The van der Waals surface area contributed by atoms with Crippen molar-refractivity contribution in [2.45, 2.75) is 37.4 Å². The van der Waals surface area contributed by atoms with Crippen LogP contribution in [0.1, 0.15) is 36.4 Å². The number of halogens is 1. The molecule has 1 saturated carbocycles. The Kier molecular flexibility index (Phi) is 7.89. The van der Waals surface area contributed by atoms with E-state index in [9.17, 15) is 14.4 Å². The molecule has 3 amide bonds. The van der Waals surface area contributed by atoms with Crippen LogP contribution in [0.3, 0.4) is 0 Å². The zero-order chi connectivity index (χ0) is 31.9. The summed E-state index contributed by atoms with van der Waals surface area (Å²) in [4.78, 5) is 42.1. The minimum Gasteiger partial charge on any atom is -0.497 e. The molecule has 7 rings (SSSR count). The van der Waals surface area contributed by atoms with E-state index < -0.39 is 23.9 Å². The highest BCUT2D eigenvalue weighted by Gasteiger charge is 2.55. The first-order chi connectivity index (χ1) is 22.4. The molecule has 4 atom stereocenters. The number of allylic oxidation sites excluding steroid dienone is 1. The van der Waals surface area contributed by atoms with Gasteiger partial charge in [0.2, 0.25) is 0 Å². The highest BCUT2D eigenvalue weighted by atomic mass is 79.9. The van der Waals surface area contributed by atoms with Gasteiger partial charge in [0.15, 0.2) is 12.1 Å². The van der Waals surface area contributed by atoms with Crippen molar-refractivity contribution in [1.82, 2.24) is 10.0 Å². The minimum absolute atomic E-state index is 0.0229. The van der Waals surface area contributed by atoms with Crippen molar-refractivity contribution in [3.05, 3.63) is 94.0 Å². The second kappa shape index (κ2) is 12.2. The van der Waals surface area contributed by atoms with Crippen molar-refractivity contribution in [2.75, 3.05) is 25.7 Å². The quantitative estimate of drug-likeness (QED) is 0.300. The summed E-state index contributed by atoms with van der Waals surface area (Å²) in [6, 6.07) is 20.1. The monoisotopic (exact) mass is 682 g/mol. The summed E-state index contributed by atoms with van der Waals surface area (Å²) in [7, 11) is 3.25. The van der Waals surface area contributed by atoms with Crippen LogP contribution >= 0.6 is 15.9 Å². The van der Waals surface area contributed by atoms with Crippen molar-refractivity contribution in [1.29, 1.82) is 0 Å². The van der Waals surface area contributed by atoms with Crippen LogP contribution in [0.15, 0.2) is 98.3 Å². The van der Waals surface area contributed by atoms with Gasteiger partial charge in [-0.05, 0) is 84.5 Å². The molecule has 0 N–H and O–H groups in total. The van der Waals surface area contributed by atoms with E-state index >= 15 is 0 Å². The fourth-order valence-corrected chi connectivity index (χ4v) is 7.06. The summed E-state index contributed by atoms with van der Waals surface area (Å²) in [5.41, 5.74) is 4.35. The third-order valence-electron chi connectivity index (χ3n) is 8.89. The number of benzene rings is 3. The number of carbonyl (C=O) groups excluding carboxylic acids is 3. The lowest BCUT2D eigenvalue weighted by atomic mass is 9.77. The fraction of sp³-hybridized carbons (Fsp3) is 0.294. The molecule has 3 aliphatic heterocycles. The van der Waals surface area contributed by atoms with Gasteiger partial charge in [-0.1, -0.05) is 51.5 Å². The Hall–Kier alpha value is -4.84. The number of hydrogen-bond acceptors (Lipinski definition) is 9. The van der Waals surface area contributed by atoms with Crippen LogP contribution in [0.5, 0.6) is 11.5 Å². The van der Waals surface area contributed by atoms with E-state index in [1.807, 2.05) is 54.6 Å². The lowest BCUT2D eigenvalue weighted by molar-refractivity contribution is -0.136. The Morgan fingerprint density at radius 2 is 1.67 bits per heavy atom. The molecular weight excluding hydrogens is 652 g/mol. The Morgan fingerprint density at radius 1 is 0.957 bits per heavy atom. The fourth-order valence-electron chi connectivity index (χ4n) is 6.68. The third-order valence-corrected chi connectivity index (χ3v) is 9.39. The van der Waals surface area contributed by atoms with Gasteiger partial charge in [-0.3, -0.25) is 19.4 Å². The topological polar surface area (TPSA) is 116 Å². The number of imide groups is 1. The summed E-state index contributed by atoms with van der Waals surface area (Å²) >= 11 is 3.40. The molecule has 0 spiro atoms. The number of rotatable bonds is 7. The Bertz CT molecular complexity index is 1790. The molecule has 12 heteroatoms. The number of hydrogen-bond donors (Lipinski definition) is 0. The predicted octanol–water partition coefficient (Wildman–Crippen LogP) is 5.58. The van der Waals surface area contributed by atoms with Crippen molar-refractivity contribution in [2.24, 2.45) is 21.4 Å². The number of nitrogens with zero attached hydrogens (tertiary/aromatic N) is 6. The molecule has 1 saturated heterocycles. The SMILES string of the molecule is COc1ccc(/C=C2/CCCC3C2=NN(C(=O)CN2N=NC4C(=O)N(c5cccc(Br)c5)C(=O)C42)C3c2ccc(OC)cc2)cc1. The number of anilines is 1. The van der Waals surface area contributed by atoms with Crippen LogP contribution in [0.25, 0.3) is 6.08 Å². The van der Waals surface area contributed by atoms with E-state index in [4.69, 9.17) is 14.6 Å². The first-order valence-electron chi connectivity index (χ1n) is 15.1. The molecule has 4 unspecified atom stereocenters. The van der Waals surface area contributed by atoms with Crippen LogP contribution in [0, 0.1) is 5.92 Å². The van der Waals surface area contributed by atoms with Gasteiger partial charge in [0.1, 0.15) is 18.0 Å². The van der Waals surface area contributed by atoms with Crippen LogP contribution in [-0.4, -0.2) is 66.3 Å². The molecule has 2 fully saturated rings. The summed E-state index contributed by atoms with van der Waals surface area (Å²) in [6.45, 7) is -0.260. The molecule has 0 radical (unpaired) electrons. The van der Waals surface area contributed by atoms with E-state index in [1.165, 1.54) is 10.0 Å². The molecule has 1 aliphatic carbocycles. The normalized spacial score (nSPS) is 24.4. The number of amides is 3. The molecule has 11 nitrogen and oxygen atoms in total. The van der Waals surface area contributed by atoms with Crippen molar-refractivity contribution >= 4 is 51.1 Å². The van der Waals surface area contributed by atoms with Crippen molar-refractivity contribution in [3.8, 4) is 11.5 Å². The zero-order valence-corrected chi connectivity index (χ0v) is 26.8.